The molecule has 1 aromatic carbocycles. The van der Waals surface area contributed by atoms with Crippen molar-refractivity contribution in [3.63, 3.8) is 0 Å². The smallest absolute Gasteiger partial charge is 0.330 e. The molecule has 1 heterocycles. The van der Waals surface area contributed by atoms with Crippen molar-refractivity contribution in [1.82, 2.24) is 5.32 Å². The van der Waals surface area contributed by atoms with Crippen molar-refractivity contribution in [3.8, 4) is 0 Å². The molecule has 0 aliphatic carbocycles. The minimum atomic E-state index is -1.08. The lowest BCUT2D eigenvalue weighted by molar-refractivity contribution is -0.141. The summed E-state index contributed by atoms with van der Waals surface area (Å²) in [7, 11) is 0. The van der Waals surface area contributed by atoms with Gasteiger partial charge in [0.15, 0.2) is 6.04 Å². The fourth-order valence-corrected chi connectivity index (χ4v) is 3.14. The van der Waals surface area contributed by atoms with Gasteiger partial charge in [-0.25, -0.2) is 4.79 Å². The zero-order chi connectivity index (χ0) is 16.3. The van der Waals surface area contributed by atoms with Crippen LogP contribution in [0, 0.1) is 13.8 Å². The summed E-state index contributed by atoms with van der Waals surface area (Å²) in [6.07, 6.45) is 0.117. The molecule has 0 aliphatic rings. The molecule has 2 aromatic rings. The van der Waals surface area contributed by atoms with Gasteiger partial charge in [0, 0.05) is 4.88 Å². The van der Waals surface area contributed by atoms with E-state index in [2.05, 4.69) is 5.32 Å². The Bertz CT molecular complexity index is 711. The molecule has 0 spiro atoms. The van der Waals surface area contributed by atoms with Crippen LogP contribution in [0.15, 0.2) is 30.3 Å². The molecular formula is C16H16ClNO3S. The molecule has 1 aromatic heterocycles. The van der Waals surface area contributed by atoms with E-state index in [-0.39, 0.29) is 12.3 Å². The Kier molecular flexibility index (Phi) is 5.21. The van der Waals surface area contributed by atoms with Crippen LogP contribution in [-0.4, -0.2) is 17.0 Å². The average molecular weight is 338 g/mol. The lowest BCUT2D eigenvalue weighted by atomic mass is 10.0. The highest BCUT2D eigenvalue weighted by Gasteiger charge is 2.22. The lowest BCUT2D eigenvalue weighted by Crippen LogP contribution is -2.34. The van der Waals surface area contributed by atoms with Crippen molar-refractivity contribution < 1.29 is 14.7 Å². The maximum Gasteiger partial charge on any atom is 0.330 e. The fraction of sp³-hybridized carbons (Fsp3) is 0.250. The summed E-state index contributed by atoms with van der Waals surface area (Å²) in [6.45, 7) is 3.86. The summed E-state index contributed by atoms with van der Waals surface area (Å²) in [6, 6.07) is 7.79. The molecule has 0 aliphatic heterocycles. The second-order valence-electron chi connectivity index (χ2n) is 5.07. The molecule has 6 heteroatoms. The minimum Gasteiger partial charge on any atom is -0.479 e. The van der Waals surface area contributed by atoms with E-state index in [0.717, 1.165) is 16.0 Å². The zero-order valence-corrected chi connectivity index (χ0v) is 13.8. The molecule has 1 atom stereocenters. The Morgan fingerprint density at radius 3 is 2.50 bits per heavy atom. The number of thiophene rings is 1. The predicted octanol–water partition coefficient (Wildman–Crippen LogP) is 3.50. The standard InChI is InChI=1S/C16H16ClNO3S/c1-9-3-4-11(7-10(9)2)15(16(20)21)18-14(19)8-12-5-6-13(17)22-12/h3-7,15H,8H2,1-2H3,(H,18,19)(H,20,21). The van der Waals surface area contributed by atoms with E-state index in [1.165, 1.54) is 11.3 Å². The molecule has 1 unspecified atom stereocenters. The van der Waals surface area contributed by atoms with Crippen molar-refractivity contribution in [2.75, 3.05) is 0 Å². The predicted molar refractivity (Wildman–Crippen MR) is 87.5 cm³/mol. The monoisotopic (exact) mass is 337 g/mol. The van der Waals surface area contributed by atoms with Crippen LogP contribution in [0.1, 0.15) is 27.6 Å². The molecule has 0 saturated heterocycles. The number of aryl methyl sites for hydroxylation is 2. The SMILES string of the molecule is Cc1ccc(C(NC(=O)Cc2ccc(Cl)s2)C(=O)O)cc1C. The van der Waals surface area contributed by atoms with Crippen LogP contribution in [-0.2, 0) is 16.0 Å². The third kappa shape index (κ3) is 4.08. The fourth-order valence-electron chi connectivity index (χ4n) is 2.05. The van der Waals surface area contributed by atoms with Gasteiger partial charge in [0.1, 0.15) is 0 Å². The molecule has 0 bridgehead atoms. The Morgan fingerprint density at radius 2 is 1.95 bits per heavy atom. The second kappa shape index (κ2) is 6.94. The highest BCUT2D eigenvalue weighted by Crippen LogP contribution is 2.22. The number of carbonyl (C=O) groups excluding carboxylic acids is 1. The second-order valence-corrected chi connectivity index (χ2v) is 6.86. The van der Waals surface area contributed by atoms with Gasteiger partial charge in [0.05, 0.1) is 10.8 Å². The average Bonchev–Trinajstić information content (AvgIpc) is 2.84. The van der Waals surface area contributed by atoms with Gasteiger partial charge in [-0.2, -0.15) is 0 Å². The van der Waals surface area contributed by atoms with Crippen LogP contribution in [0.25, 0.3) is 0 Å². The summed E-state index contributed by atoms with van der Waals surface area (Å²) in [5.74, 6) is -1.43. The first-order valence-electron chi connectivity index (χ1n) is 6.70. The third-order valence-electron chi connectivity index (χ3n) is 3.38. The van der Waals surface area contributed by atoms with E-state index in [1.54, 1.807) is 24.3 Å². The lowest BCUT2D eigenvalue weighted by Gasteiger charge is -2.16. The number of aliphatic carboxylic acids is 1. The van der Waals surface area contributed by atoms with Crippen molar-refractivity contribution in [1.29, 1.82) is 0 Å². The molecule has 0 saturated carbocycles. The van der Waals surface area contributed by atoms with E-state index in [0.29, 0.717) is 9.90 Å². The van der Waals surface area contributed by atoms with Gasteiger partial charge in [-0.05, 0) is 42.7 Å². The van der Waals surface area contributed by atoms with Crippen molar-refractivity contribution in [2.24, 2.45) is 0 Å². The highest BCUT2D eigenvalue weighted by atomic mass is 35.5. The largest absolute Gasteiger partial charge is 0.479 e. The quantitative estimate of drug-likeness (QED) is 0.877. The number of carboxylic acids is 1. The topological polar surface area (TPSA) is 66.4 Å². The van der Waals surface area contributed by atoms with Gasteiger partial charge in [-0.15, -0.1) is 11.3 Å². The van der Waals surface area contributed by atoms with E-state index in [1.807, 2.05) is 19.9 Å². The number of amides is 1. The summed E-state index contributed by atoms with van der Waals surface area (Å²) < 4.78 is 0.603. The van der Waals surface area contributed by atoms with Crippen LogP contribution in [0.2, 0.25) is 4.34 Å². The van der Waals surface area contributed by atoms with Crippen molar-refractivity contribution >= 4 is 34.8 Å². The Balaban J connectivity index is 2.13. The van der Waals surface area contributed by atoms with Gasteiger partial charge >= 0.3 is 5.97 Å². The number of nitrogens with one attached hydrogen (secondary N) is 1. The molecular weight excluding hydrogens is 322 g/mol. The van der Waals surface area contributed by atoms with Crippen LogP contribution < -0.4 is 5.32 Å². The Hall–Kier alpha value is -1.85. The summed E-state index contributed by atoms with van der Waals surface area (Å²) in [4.78, 5) is 24.3. The van der Waals surface area contributed by atoms with Gasteiger partial charge < -0.3 is 10.4 Å². The van der Waals surface area contributed by atoms with E-state index >= 15 is 0 Å². The van der Waals surface area contributed by atoms with Crippen LogP contribution in [0.4, 0.5) is 0 Å². The number of carbonyl (C=O) groups is 2. The highest BCUT2D eigenvalue weighted by molar-refractivity contribution is 7.16. The molecule has 2 N–H and O–H groups in total. The number of rotatable bonds is 5. The van der Waals surface area contributed by atoms with Crippen molar-refractivity contribution in [3.05, 3.63) is 56.2 Å². The van der Waals surface area contributed by atoms with Gasteiger partial charge in [-0.3, -0.25) is 4.79 Å². The normalized spacial score (nSPS) is 12.0. The van der Waals surface area contributed by atoms with Gasteiger partial charge in [0.25, 0.3) is 0 Å². The first kappa shape index (κ1) is 16.5. The first-order chi connectivity index (χ1) is 10.4. The molecule has 2 rings (SSSR count). The van der Waals surface area contributed by atoms with Crippen LogP contribution in [0.3, 0.4) is 0 Å². The Morgan fingerprint density at radius 1 is 1.23 bits per heavy atom. The molecule has 4 nitrogen and oxygen atoms in total. The maximum atomic E-state index is 12.1. The maximum absolute atomic E-state index is 12.1. The van der Waals surface area contributed by atoms with E-state index < -0.39 is 12.0 Å². The molecule has 0 fully saturated rings. The summed E-state index contributed by atoms with van der Waals surface area (Å²) in [5, 5.41) is 11.9. The van der Waals surface area contributed by atoms with Crippen LogP contribution in [0.5, 0.6) is 0 Å². The van der Waals surface area contributed by atoms with Crippen LogP contribution >= 0.6 is 22.9 Å². The van der Waals surface area contributed by atoms with Crippen molar-refractivity contribution in [2.45, 2.75) is 26.3 Å². The molecule has 0 radical (unpaired) electrons. The molecule has 1 amide bonds. The number of carboxylic acid groups (broad SMARTS) is 1. The zero-order valence-electron chi connectivity index (χ0n) is 12.2. The van der Waals surface area contributed by atoms with Gasteiger partial charge in [-0.1, -0.05) is 29.8 Å². The number of hydrogen-bond donors (Lipinski definition) is 2. The minimum absolute atomic E-state index is 0.117. The third-order valence-corrected chi connectivity index (χ3v) is 4.61. The van der Waals surface area contributed by atoms with E-state index in [4.69, 9.17) is 11.6 Å². The van der Waals surface area contributed by atoms with E-state index in [9.17, 15) is 14.7 Å². The summed E-state index contributed by atoms with van der Waals surface area (Å²) >= 11 is 7.13. The number of halogens is 1. The molecule has 22 heavy (non-hydrogen) atoms. The number of benzene rings is 1. The number of hydrogen-bond acceptors (Lipinski definition) is 3. The Labute approximate surface area is 137 Å². The first-order valence-corrected chi connectivity index (χ1v) is 7.90. The van der Waals surface area contributed by atoms with Gasteiger partial charge in [0.2, 0.25) is 5.91 Å². The molecule has 116 valence electrons. The summed E-state index contributed by atoms with van der Waals surface area (Å²) in [5.41, 5.74) is 2.63.